The van der Waals surface area contributed by atoms with Crippen molar-refractivity contribution in [2.75, 3.05) is 6.61 Å². The number of nitrogens with one attached hydrogen (secondary N) is 2. The van der Waals surface area contributed by atoms with E-state index in [1.165, 1.54) is 23.7 Å². The third kappa shape index (κ3) is 4.77. The third-order valence-corrected chi connectivity index (χ3v) is 3.20. The predicted octanol–water partition coefficient (Wildman–Crippen LogP) is 0.888. The second-order valence-corrected chi connectivity index (χ2v) is 4.93. The van der Waals surface area contributed by atoms with E-state index in [0.717, 1.165) is 4.88 Å². The Labute approximate surface area is 123 Å². The van der Waals surface area contributed by atoms with Gasteiger partial charge in [-0.15, -0.1) is 11.3 Å². The van der Waals surface area contributed by atoms with Gasteiger partial charge >= 0.3 is 11.9 Å². The van der Waals surface area contributed by atoms with Crippen molar-refractivity contribution in [3.63, 3.8) is 0 Å². The van der Waals surface area contributed by atoms with E-state index in [4.69, 9.17) is 9.15 Å². The van der Waals surface area contributed by atoms with Gasteiger partial charge in [0.15, 0.2) is 12.4 Å². The summed E-state index contributed by atoms with van der Waals surface area (Å²) in [5.74, 6) is -1.69. The number of rotatable bonds is 5. The molecule has 0 aromatic carbocycles. The van der Waals surface area contributed by atoms with E-state index in [2.05, 4.69) is 10.9 Å². The van der Waals surface area contributed by atoms with E-state index < -0.39 is 24.4 Å². The molecule has 2 amide bonds. The second-order valence-electron chi connectivity index (χ2n) is 3.90. The molecule has 7 nitrogen and oxygen atoms in total. The first kappa shape index (κ1) is 14.8. The molecular weight excluding hydrogens is 296 g/mol. The minimum atomic E-state index is -0.644. The molecule has 2 rings (SSSR count). The molecule has 8 heteroatoms. The summed E-state index contributed by atoms with van der Waals surface area (Å²) in [6, 6.07) is 6.62. The van der Waals surface area contributed by atoms with Crippen LogP contribution in [0.2, 0.25) is 0 Å². The van der Waals surface area contributed by atoms with Crippen LogP contribution in [0.15, 0.2) is 40.3 Å². The fourth-order valence-electron chi connectivity index (χ4n) is 1.38. The van der Waals surface area contributed by atoms with Crippen LogP contribution in [-0.2, 0) is 20.7 Å². The highest BCUT2D eigenvalue weighted by Crippen LogP contribution is 2.09. The summed E-state index contributed by atoms with van der Waals surface area (Å²) in [5.41, 5.74) is 4.24. The Hall–Kier alpha value is -2.61. The summed E-state index contributed by atoms with van der Waals surface area (Å²) in [4.78, 5) is 35.1. The summed E-state index contributed by atoms with van der Waals surface area (Å²) in [6.07, 6.45) is 1.45. The molecule has 0 saturated heterocycles. The number of amides is 2. The van der Waals surface area contributed by atoms with E-state index >= 15 is 0 Å². The van der Waals surface area contributed by atoms with Crippen LogP contribution in [0.4, 0.5) is 0 Å². The van der Waals surface area contributed by atoms with Gasteiger partial charge in [-0.2, -0.15) is 0 Å². The molecule has 2 heterocycles. The molecule has 0 atom stereocenters. The third-order valence-electron chi connectivity index (χ3n) is 2.32. The van der Waals surface area contributed by atoms with Gasteiger partial charge in [0.05, 0.1) is 12.7 Å². The second kappa shape index (κ2) is 7.25. The van der Waals surface area contributed by atoms with Crippen molar-refractivity contribution in [3.8, 4) is 0 Å². The molecule has 0 aliphatic rings. The van der Waals surface area contributed by atoms with Crippen LogP contribution in [0.25, 0.3) is 0 Å². The first-order valence-electron chi connectivity index (χ1n) is 5.96. The average Bonchev–Trinajstić information content (AvgIpc) is 3.15. The van der Waals surface area contributed by atoms with Crippen molar-refractivity contribution >= 4 is 29.1 Å². The maximum absolute atomic E-state index is 11.4. The maximum atomic E-state index is 11.4. The first-order chi connectivity index (χ1) is 10.1. The molecule has 0 bridgehead atoms. The minimum Gasteiger partial charge on any atom is -0.459 e. The average molecular weight is 308 g/mol. The Morgan fingerprint density at radius 2 is 2.05 bits per heavy atom. The van der Waals surface area contributed by atoms with E-state index in [1.807, 2.05) is 11.4 Å². The standard InChI is InChI=1S/C13H12N2O5S/c16-11(14-15-13(18)10-4-1-5-19-10)8-20-12(17)7-9-3-2-6-21-9/h1-6H,7-8H2,(H,14,16)(H,15,18). The topological polar surface area (TPSA) is 97.6 Å². The Balaban J connectivity index is 1.65. The van der Waals surface area contributed by atoms with E-state index in [9.17, 15) is 14.4 Å². The highest BCUT2D eigenvalue weighted by atomic mass is 32.1. The number of carbonyl (C=O) groups excluding carboxylic acids is 3. The van der Waals surface area contributed by atoms with Gasteiger partial charge in [0.1, 0.15) is 0 Å². The fourth-order valence-corrected chi connectivity index (χ4v) is 2.07. The zero-order valence-electron chi connectivity index (χ0n) is 10.8. The van der Waals surface area contributed by atoms with Crippen molar-refractivity contribution in [2.24, 2.45) is 0 Å². The van der Waals surface area contributed by atoms with Gasteiger partial charge in [-0.3, -0.25) is 25.2 Å². The lowest BCUT2D eigenvalue weighted by atomic mass is 10.3. The minimum absolute atomic E-state index is 0.0602. The van der Waals surface area contributed by atoms with Crippen molar-refractivity contribution < 1.29 is 23.5 Å². The Kier molecular flexibility index (Phi) is 5.10. The highest BCUT2D eigenvalue weighted by Gasteiger charge is 2.12. The van der Waals surface area contributed by atoms with Gasteiger partial charge in [-0.1, -0.05) is 6.07 Å². The number of hydrazine groups is 1. The number of hydrogen-bond acceptors (Lipinski definition) is 6. The zero-order valence-corrected chi connectivity index (χ0v) is 11.6. The van der Waals surface area contributed by atoms with Crippen LogP contribution >= 0.6 is 11.3 Å². The quantitative estimate of drug-likeness (QED) is 0.631. The van der Waals surface area contributed by atoms with Crippen LogP contribution in [0.1, 0.15) is 15.4 Å². The van der Waals surface area contributed by atoms with Crippen molar-refractivity contribution in [1.82, 2.24) is 10.9 Å². The van der Waals surface area contributed by atoms with E-state index in [0.29, 0.717) is 0 Å². The lowest BCUT2D eigenvalue weighted by Gasteiger charge is -2.06. The Bertz CT molecular complexity index is 607. The van der Waals surface area contributed by atoms with Crippen molar-refractivity contribution in [1.29, 1.82) is 0 Å². The van der Waals surface area contributed by atoms with Crippen molar-refractivity contribution in [3.05, 3.63) is 46.5 Å². The van der Waals surface area contributed by atoms with Crippen LogP contribution in [0.5, 0.6) is 0 Å². The largest absolute Gasteiger partial charge is 0.459 e. The van der Waals surface area contributed by atoms with Gasteiger partial charge in [0, 0.05) is 4.88 Å². The molecule has 2 aromatic heterocycles. The molecular formula is C13H12N2O5S. The number of thiophene rings is 1. The van der Waals surface area contributed by atoms with Crippen molar-refractivity contribution in [2.45, 2.75) is 6.42 Å². The molecule has 0 fully saturated rings. The number of carbonyl (C=O) groups is 3. The molecule has 0 spiro atoms. The maximum Gasteiger partial charge on any atom is 0.311 e. The summed E-state index contributed by atoms with van der Waals surface area (Å²) < 4.78 is 9.62. The van der Waals surface area contributed by atoms with Crippen LogP contribution < -0.4 is 10.9 Å². The number of esters is 1. The van der Waals surface area contributed by atoms with Crippen LogP contribution in [0.3, 0.4) is 0 Å². The lowest BCUT2D eigenvalue weighted by molar-refractivity contribution is -0.148. The first-order valence-corrected chi connectivity index (χ1v) is 6.84. The highest BCUT2D eigenvalue weighted by molar-refractivity contribution is 7.10. The normalized spacial score (nSPS) is 9.90. The molecule has 0 aliphatic carbocycles. The molecule has 110 valence electrons. The zero-order chi connectivity index (χ0) is 15.1. The molecule has 2 aromatic rings. The predicted molar refractivity (Wildman–Crippen MR) is 73.3 cm³/mol. The van der Waals surface area contributed by atoms with Crippen LogP contribution in [-0.4, -0.2) is 24.4 Å². The molecule has 21 heavy (non-hydrogen) atoms. The molecule has 0 radical (unpaired) electrons. The van der Waals surface area contributed by atoms with Gasteiger partial charge < -0.3 is 9.15 Å². The number of ether oxygens (including phenoxy) is 1. The van der Waals surface area contributed by atoms with Gasteiger partial charge in [-0.05, 0) is 23.6 Å². The number of furan rings is 1. The summed E-state index contributed by atoms with van der Waals surface area (Å²) >= 11 is 1.43. The monoisotopic (exact) mass is 308 g/mol. The molecule has 0 saturated carbocycles. The van der Waals surface area contributed by atoms with Gasteiger partial charge in [0.25, 0.3) is 5.91 Å². The molecule has 2 N–H and O–H groups in total. The Morgan fingerprint density at radius 3 is 2.71 bits per heavy atom. The molecule has 0 unspecified atom stereocenters. The lowest BCUT2D eigenvalue weighted by Crippen LogP contribution is -2.43. The SMILES string of the molecule is O=C(COC(=O)Cc1cccs1)NNC(=O)c1ccco1. The summed E-state index contributed by atoms with van der Waals surface area (Å²) in [6.45, 7) is -0.470. The molecule has 0 aliphatic heterocycles. The number of hydrogen-bond donors (Lipinski definition) is 2. The van der Waals surface area contributed by atoms with E-state index in [1.54, 1.807) is 12.1 Å². The summed E-state index contributed by atoms with van der Waals surface area (Å²) in [5, 5.41) is 1.85. The fraction of sp³-hybridized carbons (Fsp3) is 0.154. The Morgan fingerprint density at radius 1 is 1.19 bits per heavy atom. The van der Waals surface area contributed by atoms with Crippen LogP contribution in [0, 0.1) is 0 Å². The van der Waals surface area contributed by atoms with E-state index in [-0.39, 0.29) is 12.2 Å². The van der Waals surface area contributed by atoms with Gasteiger partial charge in [-0.25, -0.2) is 0 Å². The summed E-state index contributed by atoms with van der Waals surface area (Å²) in [7, 11) is 0. The smallest absolute Gasteiger partial charge is 0.311 e. The van der Waals surface area contributed by atoms with Gasteiger partial charge in [0.2, 0.25) is 0 Å².